The second-order valence-corrected chi connectivity index (χ2v) is 3.85. The molecule has 3 heteroatoms. The summed E-state index contributed by atoms with van der Waals surface area (Å²) in [5, 5.41) is 0. The molecule has 54 valence electrons. The lowest BCUT2D eigenvalue weighted by molar-refractivity contribution is 0.602. The first-order chi connectivity index (χ1) is 4.72. The summed E-state index contributed by atoms with van der Waals surface area (Å²) in [6, 6.07) is 3.02. The maximum atomic E-state index is 12.8. The SMILES string of the molecule is C[C@@H](I)c1ncccc1F. The highest BCUT2D eigenvalue weighted by atomic mass is 127. The zero-order valence-corrected chi connectivity index (χ0v) is 7.67. The molecule has 10 heavy (non-hydrogen) atoms. The molecule has 0 fully saturated rings. The molecule has 0 unspecified atom stereocenters. The Morgan fingerprint density at radius 1 is 1.70 bits per heavy atom. The fourth-order valence-electron chi connectivity index (χ4n) is 0.691. The van der Waals surface area contributed by atoms with E-state index in [1.54, 1.807) is 12.3 Å². The third kappa shape index (κ3) is 1.65. The second-order valence-electron chi connectivity index (χ2n) is 1.99. The molecule has 0 aliphatic carbocycles. The first-order valence-electron chi connectivity index (χ1n) is 2.96. The first kappa shape index (κ1) is 7.91. The zero-order chi connectivity index (χ0) is 7.56. The average Bonchev–Trinajstić information content (AvgIpc) is 1.88. The van der Waals surface area contributed by atoms with Gasteiger partial charge in [0.25, 0.3) is 0 Å². The van der Waals surface area contributed by atoms with Crippen LogP contribution in [0.15, 0.2) is 18.3 Å². The fraction of sp³-hybridized carbons (Fsp3) is 0.286. The Morgan fingerprint density at radius 3 is 2.80 bits per heavy atom. The van der Waals surface area contributed by atoms with E-state index in [1.165, 1.54) is 6.07 Å². The normalized spacial score (nSPS) is 13.1. The molecule has 1 atom stereocenters. The lowest BCUT2D eigenvalue weighted by Gasteiger charge is -2.01. The number of pyridine rings is 1. The monoisotopic (exact) mass is 251 g/mol. The molecule has 0 aliphatic rings. The molecule has 0 spiro atoms. The molecule has 1 aromatic heterocycles. The summed E-state index contributed by atoms with van der Waals surface area (Å²) in [5.41, 5.74) is 0.531. The molecule has 0 radical (unpaired) electrons. The third-order valence-corrected chi connectivity index (χ3v) is 1.75. The van der Waals surface area contributed by atoms with Gasteiger partial charge in [-0.2, -0.15) is 0 Å². The van der Waals surface area contributed by atoms with Crippen molar-refractivity contribution in [1.29, 1.82) is 0 Å². The molecule has 1 aromatic rings. The van der Waals surface area contributed by atoms with Crippen LogP contribution in [0.4, 0.5) is 4.39 Å². The van der Waals surface area contributed by atoms with Crippen molar-refractivity contribution in [3.05, 3.63) is 29.8 Å². The minimum Gasteiger partial charge on any atom is -0.257 e. The molecule has 0 aromatic carbocycles. The summed E-state index contributed by atoms with van der Waals surface area (Å²) in [4.78, 5) is 3.90. The first-order valence-corrected chi connectivity index (χ1v) is 4.21. The largest absolute Gasteiger partial charge is 0.257 e. The number of nitrogens with zero attached hydrogens (tertiary/aromatic N) is 1. The van der Waals surface area contributed by atoms with Crippen molar-refractivity contribution in [3.8, 4) is 0 Å². The van der Waals surface area contributed by atoms with Gasteiger partial charge in [0.2, 0.25) is 0 Å². The van der Waals surface area contributed by atoms with Crippen LogP contribution >= 0.6 is 22.6 Å². The standard InChI is InChI=1S/C7H7FIN/c1-5(9)7-6(8)3-2-4-10-7/h2-5H,1H3/t5-/m1/s1. The molecule has 1 heterocycles. The Morgan fingerprint density at radius 2 is 2.40 bits per heavy atom. The fourth-order valence-corrected chi connectivity index (χ4v) is 1.15. The topological polar surface area (TPSA) is 12.9 Å². The molecule has 0 amide bonds. The van der Waals surface area contributed by atoms with E-state index in [-0.39, 0.29) is 9.74 Å². The highest BCUT2D eigenvalue weighted by Gasteiger charge is 2.06. The number of halogens is 2. The Bertz CT molecular complexity index is 225. The van der Waals surface area contributed by atoms with E-state index in [2.05, 4.69) is 27.6 Å². The van der Waals surface area contributed by atoms with Gasteiger partial charge in [-0.25, -0.2) is 4.39 Å². The molecule has 0 bridgehead atoms. The zero-order valence-electron chi connectivity index (χ0n) is 5.51. The van der Waals surface area contributed by atoms with Crippen LogP contribution in [0.3, 0.4) is 0 Å². The Labute approximate surface area is 72.8 Å². The Kier molecular flexibility index (Phi) is 2.59. The number of alkyl halides is 1. The van der Waals surface area contributed by atoms with Crippen molar-refractivity contribution in [2.24, 2.45) is 0 Å². The van der Waals surface area contributed by atoms with E-state index in [0.29, 0.717) is 5.69 Å². The van der Waals surface area contributed by atoms with E-state index in [4.69, 9.17) is 0 Å². The van der Waals surface area contributed by atoms with Gasteiger partial charge < -0.3 is 0 Å². The van der Waals surface area contributed by atoms with Crippen LogP contribution in [-0.4, -0.2) is 4.98 Å². The Balaban J connectivity index is 3.03. The van der Waals surface area contributed by atoms with Crippen LogP contribution in [0.25, 0.3) is 0 Å². The lowest BCUT2D eigenvalue weighted by atomic mass is 10.3. The predicted octanol–water partition coefficient (Wildman–Crippen LogP) is 2.72. The van der Waals surface area contributed by atoms with E-state index in [1.807, 2.05) is 6.92 Å². The van der Waals surface area contributed by atoms with Gasteiger partial charge in [-0.05, 0) is 19.1 Å². The summed E-state index contributed by atoms with van der Waals surface area (Å²) >= 11 is 2.13. The van der Waals surface area contributed by atoms with Gasteiger partial charge in [0.15, 0.2) is 0 Å². The Hall–Kier alpha value is -0.190. The smallest absolute Gasteiger partial charge is 0.145 e. The molecular formula is C7H7FIN. The van der Waals surface area contributed by atoms with Crippen molar-refractivity contribution in [1.82, 2.24) is 4.98 Å². The summed E-state index contributed by atoms with van der Waals surface area (Å²) in [7, 11) is 0. The summed E-state index contributed by atoms with van der Waals surface area (Å²) < 4.78 is 12.9. The van der Waals surface area contributed by atoms with Gasteiger partial charge in [0.05, 0.1) is 9.62 Å². The van der Waals surface area contributed by atoms with E-state index in [0.717, 1.165) is 0 Å². The number of hydrogen-bond donors (Lipinski definition) is 0. The molecule has 0 saturated heterocycles. The number of aromatic nitrogens is 1. The molecule has 0 aliphatic heterocycles. The quantitative estimate of drug-likeness (QED) is 0.552. The van der Waals surface area contributed by atoms with E-state index in [9.17, 15) is 4.39 Å². The van der Waals surface area contributed by atoms with Crippen molar-refractivity contribution < 1.29 is 4.39 Å². The molecule has 1 rings (SSSR count). The molecule has 0 N–H and O–H groups in total. The molecule has 1 nitrogen and oxygen atoms in total. The van der Waals surface area contributed by atoms with Crippen molar-refractivity contribution in [2.45, 2.75) is 10.8 Å². The van der Waals surface area contributed by atoms with Crippen molar-refractivity contribution in [3.63, 3.8) is 0 Å². The van der Waals surface area contributed by atoms with Crippen LogP contribution < -0.4 is 0 Å². The maximum Gasteiger partial charge on any atom is 0.145 e. The van der Waals surface area contributed by atoms with Gasteiger partial charge in [-0.3, -0.25) is 4.98 Å². The lowest BCUT2D eigenvalue weighted by Crippen LogP contribution is -1.92. The van der Waals surface area contributed by atoms with Gasteiger partial charge in [-0.1, -0.05) is 22.6 Å². The van der Waals surface area contributed by atoms with Crippen LogP contribution in [0.1, 0.15) is 16.5 Å². The highest BCUT2D eigenvalue weighted by molar-refractivity contribution is 14.1. The van der Waals surface area contributed by atoms with Gasteiger partial charge in [-0.15, -0.1) is 0 Å². The van der Waals surface area contributed by atoms with Crippen molar-refractivity contribution >= 4 is 22.6 Å². The van der Waals surface area contributed by atoms with E-state index >= 15 is 0 Å². The average molecular weight is 251 g/mol. The summed E-state index contributed by atoms with van der Waals surface area (Å²) in [6.07, 6.45) is 1.60. The van der Waals surface area contributed by atoms with E-state index < -0.39 is 0 Å². The highest BCUT2D eigenvalue weighted by Crippen LogP contribution is 2.21. The maximum absolute atomic E-state index is 12.8. The minimum atomic E-state index is -0.218. The predicted molar refractivity (Wildman–Crippen MR) is 46.6 cm³/mol. The molecule has 0 saturated carbocycles. The molecular weight excluding hydrogens is 244 g/mol. The summed E-state index contributed by atoms with van der Waals surface area (Å²) in [5.74, 6) is -0.218. The van der Waals surface area contributed by atoms with Gasteiger partial charge in [0.1, 0.15) is 5.82 Å². The van der Waals surface area contributed by atoms with Gasteiger partial charge >= 0.3 is 0 Å². The van der Waals surface area contributed by atoms with Crippen LogP contribution in [0.2, 0.25) is 0 Å². The third-order valence-electron chi connectivity index (χ3n) is 1.16. The second kappa shape index (κ2) is 3.27. The van der Waals surface area contributed by atoms with Crippen LogP contribution in [0, 0.1) is 5.82 Å². The number of hydrogen-bond acceptors (Lipinski definition) is 1. The summed E-state index contributed by atoms with van der Waals surface area (Å²) in [6.45, 7) is 1.91. The van der Waals surface area contributed by atoms with Crippen LogP contribution in [0.5, 0.6) is 0 Å². The minimum absolute atomic E-state index is 0.138. The van der Waals surface area contributed by atoms with Gasteiger partial charge in [0, 0.05) is 6.20 Å². The number of rotatable bonds is 1. The van der Waals surface area contributed by atoms with Crippen LogP contribution in [-0.2, 0) is 0 Å². The van der Waals surface area contributed by atoms with Crippen molar-refractivity contribution in [2.75, 3.05) is 0 Å².